The minimum absolute atomic E-state index is 0.0437. The van der Waals surface area contributed by atoms with Crippen molar-refractivity contribution in [2.24, 2.45) is 10.1 Å². The number of amidine groups is 1. The Morgan fingerprint density at radius 1 is 1.09 bits per heavy atom. The molecule has 0 spiro atoms. The Morgan fingerprint density at radius 3 is 2.60 bits per heavy atom. The van der Waals surface area contributed by atoms with Crippen molar-refractivity contribution in [1.29, 1.82) is 0 Å². The largest absolute Gasteiger partial charge is 0.326 e. The van der Waals surface area contributed by atoms with E-state index in [4.69, 9.17) is 16.7 Å². The molecule has 0 fully saturated rings. The molecule has 0 unspecified atom stereocenters. The number of thioether (sulfide) groups is 1. The number of benzene rings is 3. The normalized spacial score (nSPS) is 19.5. The minimum atomic E-state index is -0.582. The molecule has 0 aromatic heterocycles. The topological polar surface area (TPSA) is 74.1 Å². The minimum Gasteiger partial charge on any atom is -0.326 e. The van der Waals surface area contributed by atoms with E-state index in [1.165, 1.54) is 11.8 Å². The van der Waals surface area contributed by atoms with Crippen molar-refractivity contribution in [2.45, 2.75) is 31.1 Å². The lowest BCUT2D eigenvalue weighted by Crippen LogP contribution is -2.25. The maximum Gasteiger partial charge on any atom is 0.262 e. The van der Waals surface area contributed by atoms with Gasteiger partial charge in [0, 0.05) is 23.6 Å². The molecule has 0 saturated heterocycles. The summed E-state index contributed by atoms with van der Waals surface area (Å²) in [5.74, 6) is -0.532. The van der Waals surface area contributed by atoms with Crippen LogP contribution in [0, 0.1) is 6.92 Å². The summed E-state index contributed by atoms with van der Waals surface area (Å²) < 4.78 is 0. The van der Waals surface area contributed by atoms with Crippen LogP contribution in [0.2, 0.25) is 5.02 Å². The number of carbonyl (C=O) groups is 2. The van der Waals surface area contributed by atoms with Crippen LogP contribution < -0.4 is 5.32 Å². The second kappa shape index (κ2) is 10.1. The van der Waals surface area contributed by atoms with Crippen LogP contribution in [0.4, 0.5) is 5.69 Å². The summed E-state index contributed by atoms with van der Waals surface area (Å²) in [6.45, 7) is 1.96. The van der Waals surface area contributed by atoms with Gasteiger partial charge in [0.15, 0.2) is 5.17 Å². The second-order valence-electron chi connectivity index (χ2n) is 8.49. The van der Waals surface area contributed by atoms with Gasteiger partial charge in [0.2, 0.25) is 5.91 Å². The van der Waals surface area contributed by atoms with E-state index in [0.717, 1.165) is 22.4 Å². The molecule has 5 rings (SSSR count). The van der Waals surface area contributed by atoms with E-state index < -0.39 is 5.25 Å². The van der Waals surface area contributed by atoms with Crippen LogP contribution in [0.25, 0.3) is 0 Å². The zero-order valence-corrected chi connectivity index (χ0v) is 20.6. The summed E-state index contributed by atoms with van der Waals surface area (Å²) in [4.78, 5) is 29.7. The highest BCUT2D eigenvalue weighted by molar-refractivity contribution is 8.15. The molecule has 2 aliphatic rings. The number of nitrogens with one attached hydrogen (secondary N) is 1. The zero-order valence-electron chi connectivity index (χ0n) is 19.0. The van der Waals surface area contributed by atoms with Crippen LogP contribution in [0.3, 0.4) is 0 Å². The quantitative estimate of drug-likeness (QED) is 0.476. The van der Waals surface area contributed by atoms with Gasteiger partial charge in [-0.2, -0.15) is 10.1 Å². The highest BCUT2D eigenvalue weighted by atomic mass is 35.5. The Labute approximate surface area is 213 Å². The first kappa shape index (κ1) is 23.3. The molecule has 0 bridgehead atoms. The number of anilines is 1. The van der Waals surface area contributed by atoms with Crippen molar-refractivity contribution in [2.75, 3.05) is 5.32 Å². The molecule has 2 heterocycles. The summed E-state index contributed by atoms with van der Waals surface area (Å²) >= 11 is 7.36. The molecule has 3 aromatic rings. The predicted octanol–water partition coefficient (Wildman–Crippen LogP) is 5.83. The van der Waals surface area contributed by atoms with E-state index in [0.29, 0.717) is 22.3 Å². The first-order valence-electron chi connectivity index (χ1n) is 11.3. The molecule has 2 atom stereocenters. The molecule has 6 nitrogen and oxygen atoms in total. The fraction of sp³-hybridized carbons (Fsp3) is 0.185. The number of aryl methyl sites for hydroxylation is 1. The van der Waals surface area contributed by atoms with Gasteiger partial charge in [-0.05, 0) is 47.9 Å². The summed E-state index contributed by atoms with van der Waals surface area (Å²) in [5, 5.41) is 10.1. The van der Waals surface area contributed by atoms with E-state index in [-0.39, 0.29) is 24.3 Å². The van der Waals surface area contributed by atoms with Gasteiger partial charge in [-0.1, -0.05) is 78.0 Å². The number of amides is 2. The first-order valence-corrected chi connectivity index (χ1v) is 12.6. The van der Waals surface area contributed by atoms with Gasteiger partial charge in [0.1, 0.15) is 5.25 Å². The third-order valence-corrected chi connectivity index (χ3v) is 7.26. The molecule has 8 heteroatoms. The Balaban J connectivity index is 1.34. The highest BCUT2D eigenvalue weighted by Gasteiger charge is 2.39. The molecular formula is C27H23ClN4O2S. The SMILES string of the molecule is Cc1cccc(NC(=O)C[C@@H]2SC(N3N=C(c4ccc(Cl)cc4)C[C@@H]3c3ccccc3)=NC2=O)c1. The molecule has 176 valence electrons. The monoisotopic (exact) mass is 502 g/mol. The van der Waals surface area contributed by atoms with Gasteiger partial charge in [0.25, 0.3) is 5.91 Å². The standard InChI is InChI=1S/C27H23ClN4O2S/c1-17-6-5-9-21(14-17)29-25(33)16-24-26(34)30-27(35-24)32-23(19-7-3-2-4-8-19)15-22(31-32)18-10-12-20(28)13-11-18/h2-14,23-24H,15-16H2,1H3,(H,29,33)/t23-,24+/m1/s1. The fourth-order valence-electron chi connectivity index (χ4n) is 4.15. The smallest absolute Gasteiger partial charge is 0.262 e. The molecule has 3 aromatic carbocycles. The van der Waals surface area contributed by atoms with Crippen LogP contribution in [0.15, 0.2) is 89.0 Å². The third-order valence-electron chi connectivity index (χ3n) is 5.87. The highest BCUT2D eigenvalue weighted by Crippen LogP contribution is 2.38. The molecule has 0 saturated carbocycles. The van der Waals surface area contributed by atoms with Crippen LogP contribution in [-0.2, 0) is 9.59 Å². The molecule has 35 heavy (non-hydrogen) atoms. The number of nitrogens with zero attached hydrogens (tertiary/aromatic N) is 3. The number of hydrogen-bond donors (Lipinski definition) is 1. The summed E-state index contributed by atoms with van der Waals surface area (Å²) in [5.41, 5.74) is 4.72. The third kappa shape index (κ3) is 5.31. The van der Waals surface area contributed by atoms with Crippen molar-refractivity contribution in [1.82, 2.24) is 5.01 Å². The maximum atomic E-state index is 12.7. The number of hydrazone groups is 1. The summed E-state index contributed by atoms with van der Waals surface area (Å²) in [6.07, 6.45) is 0.708. The van der Waals surface area contributed by atoms with Gasteiger partial charge in [-0.25, -0.2) is 5.01 Å². The summed E-state index contributed by atoms with van der Waals surface area (Å²) in [6, 6.07) is 25.1. The molecule has 2 aliphatic heterocycles. The van der Waals surface area contributed by atoms with Gasteiger partial charge in [-0.15, -0.1) is 0 Å². The van der Waals surface area contributed by atoms with Crippen molar-refractivity contribution >= 4 is 51.7 Å². The van der Waals surface area contributed by atoms with Crippen LogP contribution in [0.5, 0.6) is 0 Å². The maximum absolute atomic E-state index is 12.7. The number of hydrogen-bond acceptors (Lipinski definition) is 5. The van der Waals surface area contributed by atoms with Gasteiger partial charge >= 0.3 is 0 Å². The van der Waals surface area contributed by atoms with Crippen LogP contribution >= 0.6 is 23.4 Å². The number of carbonyl (C=O) groups excluding carboxylic acids is 2. The van der Waals surface area contributed by atoms with E-state index in [1.54, 1.807) is 0 Å². The Hall–Kier alpha value is -3.42. The van der Waals surface area contributed by atoms with E-state index in [1.807, 2.05) is 90.8 Å². The Morgan fingerprint density at radius 2 is 1.86 bits per heavy atom. The van der Waals surface area contributed by atoms with Crippen molar-refractivity contribution in [3.8, 4) is 0 Å². The molecule has 1 N–H and O–H groups in total. The predicted molar refractivity (Wildman–Crippen MR) is 142 cm³/mol. The second-order valence-corrected chi connectivity index (χ2v) is 10.1. The van der Waals surface area contributed by atoms with Crippen molar-refractivity contribution in [3.63, 3.8) is 0 Å². The molecule has 0 radical (unpaired) electrons. The van der Waals surface area contributed by atoms with E-state index in [9.17, 15) is 9.59 Å². The lowest BCUT2D eigenvalue weighted by molar-refractivity contribution is -0.121. The lowest BCUT2D eigenvalue weighted by Gasteiger charge is -2.23. The average molecular weight is 503 g/mol. The van der Waals surface area contributed by atoms with Gasteiger partial charge in [0.05, 0.1) is 11.8 Å². The number of rotatable bonds is 5. The fourth-order valence-corrected chi connectivity index (χ4v) is 5.33. The van der Waals surface area contributed by atoms with Gasteiger partial charge < -0.3 is 5.32 Å². The Bertz CT molecular complexity index is 1320. The zero-order chi connectivity index (χ0) is 24.4. The van der Waals surface area contributed by atoms with E-state index in [2.05, 4.69) is 10.3 Å². The Kier molecular flexibility index (Phi) is 6.70. The van der Waals surface area contributed by atoms with E-state index >= 15 is 0 Å². The summed E-state index contributed by atoms with van der Waals surface area (Å²) in [7, 11) is 0. The van der Waals surface area contributed by atoms with Crippen LogP contribution in [-0.4, -0.2) is 33.0 Å². The van der Waals surface area contributed by atoms with Crippen molar-refractivity contribution in [3.05, 3.63) is 101 Å². The molecule has 2 amide bonds. The van der Waals surface area contributed by atoms with Crippen LogP contribution in [0.1, 0.15) is 35.6 Å². The number of aliphatic imine (C=N–C) groups is 1. The first-order chi connectivity index (χ1) is 17.0. The molecule has 0 aliphatic carbocycles. The molecular weight excluding hydrogens is 480 g/mol. The van der Waals surface area contributed by atoms with Gasteiger partial charge in [-0.3, -0.25) is 9.59 Å². The number of halogens is 1. The lowest BCUT2D eigenvalue weighted by atomic mass is 9.99. The van der Waals surface area contributed by atoms with Crippen molar-refractivity contribution < 1.29 is 9.59 Å². The average Bonchev–Trinajstić information content (AvgIpc) is 3.44.